The van der Waals surface area contributed by atoms with Crippen LogP contribution in [0.1, 0.15) is 32.8 Å². The summed E-state index contributed by atoms with van der Waals surface area (Å²) in [6.45, 7) is 7.79. The lowest BCUT2D eigenvalue weighted by Gasteiger charge is -2.41. The average molecular weight is 353 g/mol. The summed E-state index contributed by atoms with van der Waals surface area (Å²) in [5, 5.41) is 2.84. The fourth-order valence-corrected chi connectivity index (χ4v) is 3.08. The molecule has 1 aliphatic rings. The molecular formula is C16H21BrN2O2. The highest BCUT2D eigenvalue weighted by Crippen LogP contribution is 2.31. The number of halogens is 1. The minimum Gasteiger partial charge on any atom is -0.342 e. The lowest BCUT2D eigenvalue weighted by atomic mass is 9.94. The van der Waals surface area contributed by atoms with Gasteiger partial charge in [0.1, 0.15) is 12.1 Å². The number of rotatable bonds is 3. The van der Waals surface area contributed by atoms with Crippen molar-refractivity contribution < 1.29 is 9.59 Å². The van der Waals surface area contributed by atoms with E-state index >= 15 is 0 Å². The van der Waals surface area contributed by atoms with Crippen LogP contribution in [0.2, 0.25) is 0 Å². The van der Waals surface area contributed by atoms with Gasteiger partial charge in [-0.05, 0) is 37.0 Å². The van der Waals surface area contributed by atoms with E-state index in [9.17, 15) is 9.59 Å². The van der Waals surface area contributed by atoms with Gasteiger partial charge in [-0.3, -0.25) is 14.5 Å². The van der Waals surface area contributed by atoms with Crippen LogP contribution < -0.4 is 10.2 Å². The molecular weight excluding hydrogens is 332 g/mol. The molecule has 2 unspecified atom stereocenters. The summed E-state index contributed by atoms with van der Waals surface area (Å²) in [7, 11) is 0. The quantitative estimate of drug-likeness (QED) is 0.908. The van der Waals surface area contributed by atoms with E-state index in [1.54, 1.807) is 4.90 Å². The molecule has 1 heterocycles. The third kappa shape index (κ3) is 2.98. The number of carbonyl (C=O) groups excluding carboxylic acids is 2. The highest BCUT2D eigenvalue weighted by Gasteiger charge is 2.42. The molecule has 2 amide bonds. The smallest absolute Gasteiger partial charge is 0.250 e. The predicted molar refractivity (Wildman–Crippen MR) is 87.2 cm³/mol. The van der Waals surface area contributed by atoms with Gasteiger partial charge in [0, 0.05) is 10.2 Å². The van der Waals surface area contributed by atoms with Crippen LogP contribution in [0.4, 0.5) is 5.69 Å². The van der Waals surface area contributed by atoms with E-state index < -0.39 is 12.1 Å². The average Bonchev–Trinajstić information content (AvgIpc) is 2.43. The molecule has 0 radical (unpaired) electrons. The molecule has 1 aliphatic heterocycles. The molecule has 21 heavy (non-hydrogen) atoms. The van der Waals surface area contributed by atoms with Crippen molar-refractivity contribution in [2.45, 2.75) is 46.2 Å². The molecule has 4 nitrogen and oxygen atoms in total. The lowest BCUT2D eigenvalue weighted by Crippen LogP contribution is -2.65. The highest BCUT2D eigenvalue weighted by molar-refractivity contribution is 9.10. The Bertz CT molecular complexity index is 571. The van der Waals surface area contributed by atoms with Crippen LogP contribution in [0.3, 0.4) is 0 Å². The largest absolute Gasteiger partial charge is 0.342 e. The van der Waals surface area contributed by atoms with E-state index in [-0.39, 0.29) is 17.7 Å². The standard InChI is InChI=1S/C16H21BrN2O2/c1-5-12-16(21)19(14(9(2)3)15(20)18-12)13-8-11(17)7-6-10(13)4/h6-9,12,14H,5H2,1-4H3,(H,18,20). The van der Waals surface area contributed by atoms with Crippen LogP contribution in [0, 0.1) is 12.8 Å². The molecule has 0 aliphatic carbocycles. The number of hydrogen-bond acceptors (Lipinski definition) is 2. The number of hydrogen-bond donors (Lipinski definition) is 1. The van der Waals surface area contributed by atoms with E-state index in [1.807, 2.05) is 45.9 Å². The summed E-state index contributed by atoms with van der Waals surface area (Å²) in [6, 6.07) is 4.90. The summed E-state index contributed by atoms with van der Waals surface area (Å²) < 4.78 is 0.900. The van der Waals surface area contributed by atoms with Gasteiger partial charge in [0.15, 0.2) is 0 Å². The third-order valence-corrected chi connectivity index (χ3v) is 4.36. The van der Waals surface area contributed by atoms with Crippen molar-refractivity contribution in [1.29, 1.82) is 0 Å². The van der Waals surface area contributed by atoms with E-state index in [2.05, 4.69) is 21.2 Å². The van der Waals surface area contributed by atoms with Crippen LogP contribution in [0.25, 0.3) is 0 Å². The SMILES string of the molecule is CCC1NC(=O)C(C(C)C)N(c2cc(Br)ccc2C)C1=O. The Labute approximate surface area is 134 Å². The number of amides is 2. The van der Waals surface area contributed by atoms with Crippen molar-refractivity contribution in [2.24, 2.45) is 5.92 Å². The number of nitrogens with one attached hydrogen (secondary N) is 1. The first kappa shape index (κ1) is 16.0. The van der Waals surface area contributed by atoms with Crippen LogP contribution in [-0.4, -0.2) is 23.9 Å². The first-order chi connectivity index (χ1) is 9.86. The van der Waals surface area contributed by atoms with E-state index in [0.29, 0.717) is 6.42 Å². The molecule has 1 aromatic rings. The second-order valence-corrected chi connectivity index (χ2v) is 6.71. The van der Waals surface area contributed by atoms with Gasteiger partial charge in [-0.1, -0.05) is 42.8 Å². The first-order valence-corrected chi connectivity index (χ1v) is 8.05. The van der Waals surface area contributed by atoms with E-state index in [1.165, 1.54) is 0 Å². The Hall–Kier alpha value is -1.36. The number of nitrogens with zero attached hydrogens (tertiary/aromatic N) is 1. The molecule has 0 spiro atoms. The molecule has 0 saturated carbocycles. The number of aryl methyl sites for hydroxylation is 1. The summed E-state index contributed by atoms with van der Waals surface area (Å²) in [6.07, 6.45) is 0.596. The van der Waals surface area contributed by atoms with Crippen LogP contribution >= 0.6 is 15.9 Å². The molecule has 5 heteroatoms. The first-order valence-electron chi connectivity index (χ1n) is 7.26. The Morgan fingerprint density at radius 3 is 2.57 bits per heavy atom. The van der Waals surface area contributed by atoms with Crippen LogP contribution in [0.15, 0.2) is 22.7 Å². The van der Waals surface area contributed by atoms with E-state index in [0.717, 1.165) is 15.7 Å². The van der Waals surface area contributed by atoms with Gasteiger partial charge in [0.05, 0.1) is 0 Å². The number of piperazine rings is 1. The zero-order valence-corrected chi connectivity index (χ0v) is 14.4. The van der Waals surface area contributed by atoms with Gasteiger partial charge < -0.3 is 5.32 Å². The van der Waals surface area contributed by atoms with Gasteiger partial charge in [0.25, 0.3) is 0 Å². The van der Waals surface area contributed by atoms with Crippen molar-refractivity contribution in [2.75, 3.05) is 4.90 Å². The van der Waals surface area contributed by atoms with Crippen molar-refractivity contribution in [3.05, 3.63) is 28.2 Å². The Morgan fingerprint density at radius 2 is 2.00 bits per heavy atom. The minimum atomic E-state index is -0.465. The maximum Gasteiger partial charge on any atom is 0.250 e. The Morgan fingerprint density at radius 1 is 1.33 bits per heavy atom. The Balaban J connectivity index is 2.55. The summed E-state index contributed by atoms with van der Waals surface area (Å²) in [5.41, 5.74) is 1.79. The van der Waals surface area contributed by atoms with Gasteiger partial charge in [-0.25, -0.2) is 0 Å². The topological polar surface area (TPSA) is 49.4 Å². The number of carbonyl (C=O) groups is 2. The van der Waals surface area contributed by atoms with Crippen LogP contribution in [0.5, 0.6) is 0 Å². The molecule has 2 atom stereocenters. The second-order valence-electron chi connectivity index (χ2n) is 5.80. The molecule has 0 bridgehead atoms. The normalized spacial score (nSPS) is 22.7. The van der Waals surface area contributed by atoms with Gasteiger partial charge in [-0.15, -0.1) is 0 Å². The molecule has 1 fully saturated rings. The Kier molecular flexibility index (Phi) is 4.71. The number of anilines is 1. The van der Waals surface area contributed by atoms with Crippen molar-refractivity contribution in [3.63, 3.8) is 0 Å². The lowest BCUT2D eigenvalue weighted by molar-refractivity contribution is -0.134. The zero-order chi connectivity index (χ0) is 15.7. The van der Waals surface area contributed by atoms with Gasteiger partial charge in [-0.2, -0.15) is 0 Å². The van der Waals surface area contributed by atoms with Crippen molar-refractivity contribution in [1.82, 2.24) is 5.32 Å². The van der Waals surface area contributed by atoms with E-state index in [4.69, 9.17) is 0 Å². The molecule has 1 N–H and O–H groups in total. The number of benzene rings is 1. The van der Waals surface area contributed by atoms with Crippen molar-refractivity contribution in [3.8, 4) is 0 Å². The van der Waals surface area contributed by atoms with Crippen molar-refractivity contribution >= 4 is 33.4 Å². The van der Waals surface area contributed by atoms with Crippen LogP contribution in [-0.2, 0) is 9.59 Å². The molecule has 114 valence electrons. The van der Waals surface area contributed by atoms with Gasteiger partial charge >= 0.3 is 0 Å². The van der Waals surface area contributed by atoms with Gasteiger partial charge in [0.2, 0.25) is 11.8 Å². The maximum atomic E-state index is 12.8. The fraction of sp³-hybridized carbons (Fsp3) is 0.500. The summed E-state index contributed by atoms with van der Waals surface area (Å²) >= 11 is 3.45. The third-order valence-electron chi connectivity index (χ3n) is 3.87. The molecule has 1 saturated heterocycles. The summed E-state index contributed by atoms with van der Waals surface area (Å²) in [5.74, 6) is -0.0574. The summed E-state index contributed by atoms with van der Waals surface area (Å²) in [4.78, 5) is 26.9. The minimum absolute atomic E-state index is 0.0306. The zero-order valence-electron chi connectivity index (χ0n) is 12.8. The molecule has 2 rings (SSSR count). The highest BCUT2D eigenvalue weighted by atomic mass is 79.9. The maximum absolute atomic E-state index is 12.8. The second kappa shape index (κ2) is 6.18. The molecule has 0 aromatic heterocycles. The predicted octanol–water partition coefficient (Wildman–Crippen LogP) is 3.02. The monoisotopic (exact) mass is 352 g/mol. The molecule has 1 aromatic carbocycles. The fourth-order valence-electron chi connectivity index (χ4n) is 2.73.